The highest BCUT2D eigenvalue weighted by atomic mass is 35.5. The monoisotopic (exact) mass is 257 g/mol. The maximum atomic E-state index is 13.6. The summed E-state index contributed by atoms with van der Waals surface area (Å²) in [5.41, 5.74) is 0.429. The van der Waals surface area contributed by atoms with Crippen molar-refractivity contribution >= 4 is 17.5 Å². The number of aliphatic hydroxyl groups excluding tert-OH is 1. The first kappa shape index (κ1) is 12.3. The standard InChI is InChI=1S/C12H13ClFNO2/c13-9-2-1-3-10(14)11(9)7-6-8(7)12(17)15-4-5-16/h1-3,7-8,16H,4-6H2,(H,15,17). The molecule has 1 aromatic rings. The van der Waals surface area contributed by atoms with Crippen LogP contribution in [0.15, 0.2) is 18.2 Å². The minimum absolute atomic E-state index is 0.0937. The van der Waals surface area contributed by atoms with Gasteiger partial charge in [-0.05, 0) is 18.6 Å². The number of amides is 1. The average molecular weight is 258 g/mol. The molecule has 2 unspecified atom stereocenters. The first-order valence-electron chi connectivity index (χ1n) is 5.47. The predicted molar refractivity (Wildman–Crippen MR) is 62.4 cm³/mol. The van der Waals surface area contributed by atoms with Crippen LogP contribution in [0.4, 0.5) is 4.39 Å². The summed E-state index contributed by atoms with van der Waals surface area (Å²) in [6, 6.07) is 4.52. The second-order valence-electron chi connectivity index (χ2n) is 4.10. The van der Waals surface area contributed by atoms with Crippen LogP contribution in [0.1, 0.15) is 17.9 Å². The summed E-state index contributed by atoms with van der Waals surface area (Å²) in [5, 5.41) is 11.5. The number of rotatable bonds is 4. The van der Waals surface area contributed by atoms with E-state index in [-0.39, 0.29) is 36.7 Å². The Morgan fingerprint density at radius 2 is 2.35 bits per heavy atom. The van der Waals surface area contributed by atoms with Gasteiger partial charge in [0.1, 0.15) is 5.82 Å². The zero-order chi connectivity index (χ0) is 12.4. The number of aliphatic hydroxyl groups is 1. The topological polar surface area (TPSA) is 49.3 Å². The Morgan fingerprint density at radius 1 is 1.59 bits per heavy atom. The average Bonchev–Trinajstić information content (AvgIpc) is 3.06. The van der Waals surface area contributed by atoms with Crippen molar-refractivity contribution in [1.82, 2.24) is 5.32 Å². The number of benzene rings is 1. The van der Waals surface area contributed by atoms with Crippen LogP contribution >= 0.6 is 11.6 Å². The molecule has 17 heavy (non-hydrogen) atoms. The Morgan fingerprint density at radius 3 is 3.00 bits per heavy atom. The summed E-state index contributed by atoms with van der Waals surface area (Å²) in [6.07, 6.45) is 0.609. The number of carbonyl (C=O) groups is 1. The Bertz CT molecular complexity index is 418. The Labute approximate surface area is 104 Å². The first-order valence-corrected chi connectivity index (χ1v) is 5.85. The zero-order valence-corrected chi connectivity index (χ0v) is 9.88. The first-order chi connectivity index (χ1) is 8.15. The maximum absolute atomic E-state index is 13.6. The highest BCUT2D eigenvalue weighted by Crippen LogP contribution is 2.50. The SMILES string of the molecule is O=C(NCCO)C1CC1c1c(F)cccc1Cl. The third-order valence-corrected chi connectivity index (χ3v) is 3.24. The van der Waals surface area contributed by atoms with Gasteiger partial charge in [0.2, 0.25) is 5.91 Å². The van der Waals surface area contributed by atoms with Gasteiger partial charge in [-0.1, -0.05) is 17.7 Å². The molecule has 0 aliphatic heterocycles. The van der Waals surface area contributed by atoms with E-state index in [1.807, 2.05) is 0 Å². The van der Waals surface area contributed by atoms with Crippen LogP contribution in [0.3, 0.4) is 0 Å². The lowest BCUT2D eigenvalue weighted by Gasteiger charge is -2.05. The van der Waals surface area contributed by atoms with Gasteiger partial charge >= 0.3 is 0 Å². The van der Waals surface area contributed by atoms with Gasteiger partial charge in [-0.3, -0.25) is 4.79 Å². The van der Waals surface area contributed by atoms with Crippen LogP contribution in [0.2, 0.25) is 5.02 Å². The third-order valence-electron chi connectivity index (χ3n) is 2.91. The molecule has 2 N–H and O–H groups in total. The molecule has 0 saturated heterocycles. The van der Waals surface area contributed by atoms with Crippen molar-refractivity contribution in [3.63, 3.8) is 0 Å². The minimum atomic E-state index is -0.361. The number of hydrogen-bond donors (Lipinski definition) is 2. The van der Waals surface area contributed by atoms with Crippen molar-refractivity contribution in [3.05, 3.63) is 34.6 Å². The van der Waals surface area contributed by atoms with Crippen molar-refractivity contribution in [2.24, 2.45) is 5.92 Å². The third kappa shape index (κ3) is 2.58. The second kappa shape index (κ2) is 5.02. The molecule has 2 rings (SSSR count). The number of hydrogen-bond acceptors (Lipinski definition) is 2. The van der Waals surface area contributed by atoms with E-state index in [4.69, 9.17) is 16.7 Å². The van der Waals surface area contributed by atoms with Crippen LogP contribution in [-0.2, 0) is 4.79 Å². The molecule has 0 spiro atoms. The fourth-order valence-electron chi connectivity index (χ4n) is 1.98. The van der Waals surface area contributed by atoms with E-state index in [9.17, 15) is 9.18 Å². The fourth-order valence-corrected chi connectivity index (χ4v) is 2.28. The molecule has 92 valence electrons. The molecule has 0 heterocycles. The lowest BCUT2D eigenvalue weighted by molar-refractivity contribution is -0.122. The molecule has 0 radical (unpaired) electrons. The van der Waals surface area contributed by atoms with Gasteiger partial charge in [0.25, 0.3) is 0 Å². The highest BCUT2D eigenvalue weighted by Gasteiger charge is 2.45. The summed E-state index contributed by atoms with van der Waals surface area (Å²) in [7, 11) is 0. The molecule has 1 aromatic carbocycles. The van der Waals surface area contributed by atoms with E-state index < -0.39 is 0 Å². The van der Waals surface area contributed by atoms with Gasteiger partial charge in [-0.25, -0.2) is 4.39 Å². The number of nitrogens with one attached hydrogen (secondary N) is 1. The van der Waals surface area contributed by atoms with Crippen LogP contribution in [0.5, 0.6) is 0 Å². The van der Waals surface area contributed by atoms with E-state index in [0.29, 0.717) is 17.0 Å². The number of halogens is 2. The molecule has 1 amide bonds. The molecule has 3 nitrogen and oxygen atoms in total. The largest absolute Gasteiger partial charge is 0.395 e. The molecule has 0 bridgehead atoms. The summed E-state index contributed by atoms with van der Waals surface area (Å²) >= 11 is 5.93. The molecular formula is C12H13ClFNO2. The summed E-state index contributed by atoms with van der Waals surface area (Å²) in [5.74, 6) is -0.873. The smallest absolute Gasteiger partial charge is 0.223 e. The second-order valence-corrected chi connectivity index (χ2v) is 4.51. The van der Waals surface area contributed by atoms with Gasteiger partial charge in [0, 0.05) is 29.0 Å². The van der Waals surface area contributed by atoms with Crippen molar-refractivity contribution in [1.29, 1.82) is 0 Å². The van der Waals surface area contributed by atoms with Crippen LogP contribution in [0.25, 0.3) is 0 Å². The summed E-state index contributed by atoms with van der Waals surface area (Å²) in [6.45, 7) is 0.136. The van der Waals surface area contributed by atoms with E-state index in [2.05, 4.69) is 5.32 Å². The van der Waals surface area contributed by atoms with Crippen LogP contribution in [0, 0.1) is 11.7 Å². The number of carbonyl (C=O) groups excluding carboxylic acids is 1. The molecule has 0 aromatic heterocycles. The quantitative estimate of drug-likeness (QED) is 0.862. The molecule has 2 atom stereocenters. The normalized spacial score (nSPS) is 22.3. The summed E-state index contributed by atoms with van der Waals surface area (Å²) < 4.78 is 13.6. The van der Waals surface area contributed by atoms with Crippen molar-refractivity contribution in [2.45, 2.75) is 12.3 Å². The van der Waals surface area contributed by atoms with Gasteiger partial charge < -0.3 is 10.4 Å². The Balaban J connectivity index is 2.05. The molecule has 1 fully saturated rings. The molecule has 1 saturated carbocycles. The Kier molecular flexibility index (Phi) is 3.64. The highest BCUT2D eigenvalue weighted by molar-refractivity contribution is 6.31. The van der Waals surface area contributed by atoms with E-state index >= 15 is 0 Å². The van der Waals surface area contributed by atoms with E-state index in [0.717, 1.165) is 0 Å². The lowest BCUT2D eigenvalue weighted by Crippen LogP contribution is -2.28. The molecular weight excluding hydrogens is 245 g/mol. The molecule has 1 aliphatic carbocycles. The molecule has 5 heteroatoms. The maximum Gasteiger partial charge on any atom is 0.223 e. The van der Waals surface area contributed by atoms with Crippen LogP contribution < -0.4 is 5.32 Å². The molecule has 1 aliphatic rings. The van der Waals surface area contributed by atoms with Gasteiger partial charge in [0.15, 0.2) is 0 Å². The zero-order valence-electron chi connectivity index (χ0n) is 9.12. The van der Waals surface area contributed by atoms with E-state index in [1.54, 1.807) is 12.1 Å². The van der Waals surface area contributed by atoms with Crippen molar-refractivity contribution in [2.75, 3.05) is 13.2 Å². The van der Waals surface area contributed by atoms with Gasteiger partial charge in [-0.15, -0.1) is 0 Å². The van der Waals surface area contributed by atoms with Crippen LogP contribution in [-0.4, -0.2) is 24.2 Å². The fraction of sp³-hybridized carbons (Fsp3) is 0.417. The Hall–Kier alpha value is -1.13. The van der Waals surface area contributed by atoms with Gasteiger partial charge in [0.05, 0.1) is 6.61 Å². The minimum Gasteiger partial charge on any atom is -0.395 e. The van der Waals surface area contributed by atoms with E-state index in [1.165, 1.54) is 6.07 Å². The van der Waals surface area contributed by atoms with Crippen molar-refractivity contribution in [3.8, 4) is 0 Å². The van der Waals surface area contributed by atoms with Gasteiger partial charge in [-0.2, -0.15) is 0 Å². The summed E-state index contributed by atoms with van der Waals surface area (Å²) in [4.78, 5) is 11.6. The van der Waals surface area contributed by atoms with Crippen molar-refractivity contribution < 1.29 is 14.3 Å². The lowest BCUT2D eigenvalue weighted by atomic mass is 10.1. The predicted octanol–water partition coefficient (Wildman–Crippen LogP) is 1.69.